The molecule has 0 aromatic carbocycles. The molecule has 1 aliphatic carbocycles. The zero-order chi connectivity index (χ0) is 21.2. The van der Waals surface area contributed by atoms with E-state index in [1.807, 2.05) is 33.7 Å². The van der Waals surface area contributed by atoms with E-state index in [0.29, 0.717) is 24.7 Å². The highest BCUT2D eigenvalue weighted by Crippen LogP contribution is 2.31. The van der Waals surface area contributed by atoms with E-state index in [-0.39, 0.29) is 24.5 Å². The van der Waals surface area contributed by atoms with Crippen molar-refractivity contribution in [1.82, 2.24) is 24.5 Å². The van der Waals surface area contributed by atoms with E-state index in [4.69, 9.17) is 4.74 Å². The molecule has 8 heteroatoms. The minimum atomic E-state index is -0.223. The van der Waals surface area contributed by atoms with Crippen LogP contribution in [-0.2, 0) is 9.53 Å². The Hall–Kier alpha value is -2.45. The largest absolute Gasteiger partial charge is 0.365 e. The third-order valence-electron chi connectivity index (χ3n) is 6.71. The zero-order valence-corrected chi connectivity index (χ0v) is 17.9. The Morgan fingerprint density at radius 2 is 1.94 bits per heavy atom. The molecule has 1 N–H and O–H groups in total. The van der Waals surface area contributed by atoms with Crippen LogP contribution in [0.15, 0.2) is 30.6 Å². The first-order chi connectivity index (χ1) is 15.1. The summed E-state index contributed by atoms with van der Waals surface area (Å²) >= 11 is 0. The highest BCUT2D eigenvalue weighted by molar-refractivity contribution is 5.92. The lowest BCUT2D eigenvalue weighted by Crippen LogP contribution is -2.52. The van der Waals surface area contributed by atoms with E-state index >= 15 is 0 Å². The van der Waals surface area contributed by atoms with Crippen molar-refractivity contribution in [3.8, 4) is 0 Å². The van der Waals surface area contributed by atoms with Crippen LogP contribution in [0, 0.1) is 11.8 Å². The summed E-state index contributed by atoms with van der Waals surface area (Å²) in [4.78, 5) is 33.8. The maximum atomic E-state index is 12.5. The van der Waals surface area contributed by atoms with Gasteiger partial charge < -0.3 is 24.3 Å². The molecule has 3 fully saturated rings. The fourth-order valence-corrected chi connectivity index (χ4v) is 4.65. The second kappa shape index (κ2) is 8.96. The van der Waals surface area contributed by atoms with E-state index < -0.39 is 0 Å². The van der Waals surface area contributed by atoms with Crippen molar-refractivity contribution in [2.24, 2.45) is 11.8 Å². The summed E-state index contributed by atoms with van der Waals surface area (Å²) in [5.74, 6) is 1.33. The Kier molecular flexibility index (Phi) is 5.91. The zero-order valence-electron chi connectivity index (χ0n) is 17.9. The van der Waals surface area contributed by atoms with Crippen molar-refractivity contribution >= 4 is 17.5 Å². The van der Waals surface area contributed by atoms with Gasteiger partial charge in [0.1, 0.15) is 17.9 Å². The molecule has 4 heterocycles. The summed E-state index contributed by atoms with van der Waals surface area (Å²) in [6, 6.07) is 5.65. The van der Waals surface area contributed by atoms with Gasteiger partial charge in [0.25, 0.3) is 5.91 Å². The molecule has 2 aromatic heterocycles. The number of aromatic nitrogens is 2. The number of hydrogen-bond acceptors (Lipinski definition) is 5. The summed E-state index contributed by atoms with van der Waals surface area (Å²) in [5, 5.41) is 2.91. The third-order valence-corrected chi connectivity index (χ3v) is 6.71. The van der Waals surface area contributed by atoms with Gasteiger partial charge >= 0.3 is 0 Å². The topological polar surface area (TPSA) is 79.2 Å². The number of piperidine rings is 1. The van der Waals surface area contributed by atoms with Crippen LogP contribution in [0.1, 0.15) is 36.2 Å². The Morgan fingerprint density at radius 3 is 2.71 bits per heavy atom. The maximum absolute atomic E-state index is 12.5. The number of fused-ring (bicyclic) bond motifs is 1. The molecule has 0 unspecified atom stereocenters. The van der Waals surface area contributed by atoms with Crippen LogP contribution in [0.25, 0.3) is 5.65 Å². The van der Waals surface area contributed by atoms with Gasteiger partial charge in [-0.15, -0.1) is 0 Å². The summed E-state index contributed by atoms with van der Waals surface area (Å²) in [5.41, 5.74) is 1.12. The van der Waals surface area contributed by atoms with Gasteiger partial charge in [0.05, 0.1) is 6.10 Å². The Bertz CT molecular complexity index is 899. The van der Waals surface area contributed by atoms with Gasteiger partial charge in [-0.3, -0.25) is 9.59 Å². The molecule has 1 saturated carbocycles. The third kappa shape index (κ3) is 5.07. The molecule has 2 amide bonds. The average Bonchev–Trinajstić information content (AvgIpc) is 3.49. The van der Waals surface area contributed by atoms with Gasteiger partial charge in [0.2, 0.25) is 5.91 Å². The van der Waals surface area contributed by atoms with Crippen molar-refractivity contribution in [2.75, 3.05) is 45.9 Å². The van der Waals surface area contributed by atoms with Gasteiger partial charge in [0, 0.05) is 38.6 Å². The van der Waals surface area contributed by atoms with Crippen molar-refractivity contribution < 1.29 is 14.3 Å². The molecule has 2 saturated heterocycles. The quantitative estimate of drug-likeness (QED) is 0.726. The van der Waals surface area contributed by atoms with Gasteiger partial charge in [-0.05, 0) is 62.7 Å². The minimum absolute atomic E-state index is 0.0586. The Morgan fingerprint density at radius 1 is 1.13 bits per heavy atom. The smallest absolute Gasteiger partial charge is 0.271 e. The fourth-order valence-electron chi connectivity index (χ4n) is 4.65. The van der Waals surface area contributed by atoms with Crippen LogP contribution in [-0.4, -0.2) is 83.0 Å². The molecule has 5 rings (SSSR count). The lowest BCUT2D eigenvalue weighted by molar-refractivity contribution is -0.149. The number of nitrogens with zero attached hydrogens (tertiary/aromatic N) is 4. The number of carbonyl (C=O) groups excluding carboxylic acids is 2. The number of hydrogen-bond donors (Lipinski definition) is 1. The van der Waals surface area contributed by atoms with Crippen LogP contribution >= 0.6 is 0 Å². The van der Waals surface area contributed by atoms with Gasteiger partial charge in [-0.25, -0.2) is 4.98 Å². The summed E-state index contributed by atoms with van der Waals surface area (Å²) in [6.07, 6.45) is 8.52. The van der Waals surface area contributed by atoms with E-state index in [2.05, 4.69) is 15.2 Å². The lowest BCUT2D eigenvalue weighted by Gasteiger charge is -2.38. The molecule has 2 aromatic rings. The van der Waals surface area contributed by atoms with Gasteiger partial charge in [-0.2, -0.15) is 0 Å². The first kappa shape index (κ1) is 20.5. The first-order valence-corrected chi connectivity index (χ1v) is 11.5. The monoisotopic (exact) mass is 425 g/mol. The van der Waals surface area contributed by atoms with E-state index in [0.717, 1.165) is 44.0 Å². The Balaban J connectivity index is 1.09. The number of carbonyl (C=O) groups is 2. The van der Waals surface area contributed by atoms with Crippen LogP contribution in [0.5, 0.6) is 0 Å². The van der Waals surface area contributed by atoms with Crippen molar-refractivity contribution in [2.45, 2.75) is 31.8 Å². The summed E-state index contributed by atoms with van der Waals surface area (Å²) in [7, 11) is 0. The van der Waals surface area contributed by atoms with Gasteiger partial charge in [0.15, 0.2) is 0 Å². The highest BCUT2D eigenvalue weighted by Gasteiger charge is 2.31. The number of amides is 2. The molecule has 0 bridgehead atoms. The van der Waals surface area contributed by atoms with Crippen molar-refractivity contribution in [3.05, 3.63) is 36.3 Å². The molecule has 0 radical (unpaired) electrons. The molecule has 8 nitrogen and oxygen atoms in total. The van der Waals surface area contributed by atoms with Gasteiger partial charge in [-0.1, -0.05) is 6.07 Å². The number of pyridine rings is 1. The molecule has 2 aliphatic heterocycles. The number of likely N-dealkylation sites (tertiary alicyclic amines) is 1. The predicted octanol–water partition coefficient (Wildman–Crippen LogP) is 1.41. The predicted molar refractivity (Wildman–Crippen MR) is 116 cm³/mol. The summed E-state index contributed by atoms with van der Waals surface area (Å²) < 4.78 is 7.50. The second-order valence-electron chi connectivity index (χ2n) is 9.22. The number of morpholine rings is 1. The first-order valence-electron chi connectivity index (χ1n) is 11.5. The fraction of sp³-hybridized carbons (Fsp3) is 0.609. The standard InChI is InChI=1S/C23H31N5O3/c29-22-16-31-19(11-24-23(30)20-15-27-8-2-1-3-21(27)25-20)14-28(22)13-18-6-9-26(10-7-18)12-17-4-5-17/h1-3,8,15,17-19H,4-7,9-14,16H2,(H,24,30)/t19-/m0/s1. The molecule has 31 heavy (non-hydrogen) atoms. The molecular formula is C23H31N5O3. The molecular weight excluding hydrogens is 394 g/mol. The number of nitrogens with one attached hydrogen (secondary N) is 1. The normalized spacial score (nSPS) is 23.4. The Labute approximate surface area is 182 Å². The average molecular weight is 426 g/mol. The van der Waals surface area contributed by atoms with Crippen molar-refractivity contribution in [3.63, 3.8) is 0 Å². The van der Waals surface area contributed by atoms with Crippen LogP contribution in [0.2, 0.25) is 0 Å². The number of ether oxygens (including phenoxy) is 1. The van der Waals surface area contributed by atoms with E-state index in [9.17, 15) is 9.59 Å². The SMILES string of the molecule is O=C(NC[C@H]1CN(CC2CCN(CC3CC3)CC2)C(=O)CO1)c1cn2ccccc2n1. The van der Waals surface area contributed by atoms with Crippen LogP contribution < -0.4 is 5.32 Å². The number of imidazole rings is 1. The maximum Gasteiger partial charge on any atom is 0.271 e. The van der Waals surface area contributed by atoms with Crippen LogP contribution in [0.4, 0.5) is 0 Å². The lowest BCUT2D eigenvalue weighted by atomic mass is 9.95. The van der Waals surface area contributed by atoms with Crippen molar-refractivity contribution in [1.29, 1.82) is 0 Å². The highest BCUT2D eigenvalue weighted by atomic mass is 16.5. The number of rotatable bonds is 7. The second-order valence-corrected chi connectivity index (χ2v) is 9.22. The summed E-state index contributed by atoms with van der Waals surface area (Å²) in [6.45, 7) is 5.36. The molecule has 166 valence electrons. The molecule has 1 atom stereocenters. The minimum Gasteiger partial charge on any atom is -0.365 e. The molecule has 3 aliphatic rings. The molecule has 0 spiro atoms. The van der Waals surface area contributed by atoms with E-state index in [1.54, 1.807) is 6.20 Å². The van der Waals surface area contributed by atoms with Crippen LogP contribution in [0.3, 0.4) is 0 Å². The van der Waals surface area contributed by atoms with E-state index in [1.165, 1.54) is 19.4 Å².